The van der Waals surface area contributed by atoms with E-state index in [0.717, 1.165) is 21.9 Å². The number of carbonyl (C=O) groups excluding carboxylic acids is 1. The zero-order valence-corrected chi connectivity index (χ0v) is 18.9. The molecule has 0 bridgehead atoms. The number of rotatable bonds is 10. The number of nitrogens with zero attached hydrogens (tertiary/aromatic N) is 1. The predicted molar refractivity (Wildman–Crippen MR) is 119 cm³/mol. The van der Waals surface area contributed by atoms with E-state index in [-0.39, 0.29) is 25.3 Å². The van der Waals surface area contributed by atoms with Crippen LogP contribution < -0.4 is 19.1 Å². The standard InChI is InChI=1S/C22H30N2O5S/c1-16(2)29-20-11-8-10-19(13-20)24(30(5,26)27)14-22(25)23-18(4)15-28-21-12-7-6-9-17(21)3/h6-13,16,18H,14-15H2,1-5H3,(H,23,25)/t18-/m0/s1. The van der Waals surface area contributed by atoms with Gasteiger partial charge >= 0.3 is 0 Å². The van der Waals surface area contributed by atoms with Crippen molar-refractivity contribution in [3.63, 3.8) is 0 Å². The van der Waals surface area contributed by atoms with E-state index < -0.39 is 15.9 Å². The summed E-state index contributed by atoms with van der Waals surface area (Å²) in [5.41, 5.74) is 1.37. The number of benzene rings is 2. The Morgan fingerprint density at radius 3 is 2.43 bits per heavy atom. The number of aryl methyl sites for hydroxylation is 1. The zero-order valence-electron chi connectivity index (χ0n) is 18.1. The predicted octanol–water partition coefficient (Wildman–Crippen LogP) is 3.13. The summed E-state index contributed by atoms with van der Waals surface area (Å²) < 4.78 is 37.1. The molecule has 0 radical (unpaired) electrons. The topological polar surface area (TPSA) is 84.9 Å². The van der Waals surface area contributed by atoms with Crippen LogP contribution in [0.25, 0.3) is 0 Å². The number of para-hydroxylation sites is 1. The fourth-order valence-corrected chi connectivity index (χ4v) is 3.66. The lowest BCUT2D eigenvalue weighted by Crippen LogP contribution is -2.44. The molecule has 0 aliphatic rings. The van der Waals surface area contributed by atoms with Crippen molar-refractivity contribution in [1.29, 1.82) is 0 Å². The minimum absolute atomic E-state index is 0.0515. The van der Waals surface area contributed by atoms with Gasteiger partial charge in [0.05, 0.1) is 24.1 Å². The SMILES string of the molecule is Cc1ccccc1OC[C@H](C)NC(=O)CN(c1cccc(OC(C)C)c1)S(C)(=O)=O. The van der Waals surface area contributed by atoms with Crippen LogP contribution in [-0.4, -0.2) is 45.9 Å². The molecule has 30 heavy (non-hydrogen) atoms. The van der Waals surface area contributed by atoms with Gasteiger partial charge in [0.2, 0.25) is 15.9 Å². The number of carbonyl (C=O) groups is 1. The summed E-state index contributed by atoms with van der Waals surface area (Å²) in [5.74, 6) is 0.867. The maximum atomic E-state index is 12.5. The maximum Gasteiger partial charge on any atom is 0.241 e. The van der Waals surface area contributed by atoms with Crippen molar-refractivity contribution in [2.75, 3.05) is 23.7 Å². The first-order valence-corrected chi connectivity index (χ1v) is 11.6. The quantitative estimate of drug-likeness (QED) is 0.621. The summed E-state index contributed by atoms with van der Waals surface area (Å²) in [5, 5.41) is 2.79. The number of hydrogen-bond acceptors (Lipinski definition) is 5. The third kappa shape index (κ3) is 7.26. The minimum Gasteiger partial charge on any atom is -0.491 e. The van der Waals surface area contributed by atoms with Crippen LogP contribution in [0.2, 0.25) is 0 Å². The van der Waals surface area contributed by atoms with Gasteiger partial charge in [-0.25, -0.2) is 8.42 Å². The van der Waals surface area contributed by atoms with Crippen LogP contribution in [0, 0.1) is 6.92 Å². The molecule has 7 nitrogen and oxygen atoms in total. The van der Waals surface area contributed by atoms with Crippen LogP contribution in [0.1, 0.15) is 26.3 Å². The van der Waals surface area contributed by atoms with Crippen molar-refractivity contribution in [1.82, 2.24) is 5.32 Å². The van der Waals surface area contributed by atoms with Crippen LogP contribution in [0.5, 0.6) is 11.5 Å². The summed E-state index contributed by atoms with van der Waals surface area (Å²) in [4.78, 5) is 12.5. The first-order valence-electron chi connectivity index (χ1n) is 9.78. The molecule has 8 heteroatoms. The molecule has 0 fully saturated rings. The molecular formula is C22H30N2O5S. The van der Waals surface area contributed by atoms with Gasteiger partial charge in [-0.05, 0) is 51.5 Å². The van der Waals surface area contributed by atoms with Crippen molar-refractivity contribution < 1.29 is 22.7 Å². The van der Waals surface area contributed by atoms with Crippen molar-refractivity contribution in [2.24, 2.45) is 0 Å². The average molecular weight is 435 g/mol. The zero-order chi connectivity index (χ0) is 22.3. The number of ether oxygens (including phenoxy) is 2. The second-order valence-electron chi connectivity index (χ2n) is 7.48. The molecule has 1 N–H and O–H groups in total. The molecule has 0 aromatic heterocycles. The lowest BCUT2D eigenvalue weighted by molar-refractivity contribution is -0.120. The van der Waals surface area contributed by atoms with Gasteiger partial charge < -0.3 is 14.8 Å². The average Bonchev–Trinajstić information content (AvgIpc) is 2.64. The van der Waals surface area contributed by atoms with Gasteiger partial charge in [0, 0.05) is 6.07 Å². The van der Waals surface area contributed by atoms with E-state index in [9.17, 15) is 13.2 Å². The Morgan fingerprint density at radius 2 is 1.80 bits per heavy atom. The van der Waals surface area contributed by atoms with Gasteiger partial charge in [0.1, 0.15) is 24.7 Å². The van der Waals surface area contributed by atoms with Crippen molar-refractivity contribution in [3.8, 4) is 11.5 Å². The highest BCUT2D eigenvalue weighted by Gasteiger charge is 2.22. The molecular weight excluding hydrogens is 404 g/mol. The number of hydrogen-bond donors (Lipinski definition) is 1. The van der Waals surface area contributed by atoms with Gasteiger partial charge in [-0.15, -0.1) is 0 Å². The largest absolute Gasteiger partial charge is 0.491 e. The monoisotopic (exact) mass is 434 g/mol. The number of nitrogens with one attached hydrogen (secondary N) is 1. The fraction of sp³-hybridized carbons (Fsp3) is 0.409. The van der Waals surface area contributed by atoms with Gasteiger partial charge in [0.25, 0.3) is 0 Å². The lowest BCUT2D eigenvalue weighted by atomic mass is 10.2. The summed E-state index contributed by atoms with van der Waals surface area (Å²) in [7, 11) is -3.67. The molecule has 0 aliphatic heterocycles. The second-order valence-corrected chi connectivity index (χ2v) is 9.39. The molecule has 2 aromatic carbocycles. The van der Waals surface area contributed by atoms with Crippen LogP contribution in [-0.2, 0) is 14.8 Å². The molecule has 1 atom stereocenters. The van der Waals surface area contributed by atoms with Crippen molar-refractivity contribution in [2.45, 2.75) is 39.8 Å². The Kier molecular flexibility index (Phi) is 8.11. The van der Waals surface area contributed by atoms with Gasteiger partial charge in [0.15, 0.2) is 0 Å². The summed E-state index contributed by atoms with van der Waals surface area (Å²) in [6, 6.07) is 14.0. The molecule has 0 unspecified atom stereocenters. The second kappa shape index (κ2) is 10.3. The number of amides is 1. The van der Waals surface area contributed by atoms with Crippen LogP contribution in [0.4, 0.5) is 5.69 Å². The number of anilines is 1. The summed E-state index contributed by atoms with van der Waals surface area (Å²) >= 11 is 0. The van der Waals surface area contributed by atoms with Crippen molar-refractivity contribution in [3.05, 3.63) is 54.1 Å². The Labute approximate surface area is 179 Å². The molecule has 0 heterocycles. The Bertz CT molecular complexity index is 960. The Morgan fingerprint density at radius 1 is 1.10 bits per heavy atom. The highest BCUT2D eigenvalue weighted by atomic mass is 32.2. The normalized spacial score (nSPS) is 12.3. The summed E-state index contributed by atoms with van der Waals surface area (Å²) in [6.07, 6.45) is 1.02. The lowest BCUT2D eigenvalue weighted by Gasteiger charge is -2.24. The molecule has 1 amide bonds. The molecule has 164 valence electrons. The first kappa shape index (κ1) is 23.5. The first-order chi connectivity index (χ1) is 14.1. The molecule has 0 spiro atoms. The summed E-state index contributed by atoms with van der Waals surface area (Å²) in [6.45, 7) is 7.45. The Hall–Kier alpha value is -2.74. The van der Waals surface area contributed by atoms with E-state index in [1.54, 1.807) is 31.2 Å². The van der Waals surface area contributed by atoms with E-state index in [1.165, 1.54) is 0 Å². The molecule has 0 aliphatic carbocycles. The van der Waals surface area contributed by atoms with Crippen LogP contribution in [0.15, 0.2) is 48.5 Å². The highest BCUT2D eigenvalue weighted by molar-refractivity contribution is 7.92. The smallest absolute Gasteiger partial charge is 0.241 e. The molecule has 0 saturated carbocycles. The van der Waals surface area contributed by atoms with E-state index in [2.05, 4.69) is 5.32 Å². The third-order valence-electron chi connectivity index (χ3n) is 4.15. The van der Waals surface area contributed by atoms with E-state index in [0.29, 0.717) is 11.4 Å². The van der Waals surface area contributed by atoms with Gasteiger partial charge in [-0.2, -0.15) is 0 Å². The highest BCUT2D eigenvalue weighted by Crippen LogP contribution is 2.24. The molecule has 2 rings (SSSR count). The molecule has 0 saturated heterocycles. The van der Waals surface area contributed by atoms with Gasteiger partial charge in [-0.1, -0.05) is 24.3 Å². The molecule has 2 aromatic rings. The maximum absolute atomic E-state index is 12.5. The van der Waals surface area contributed by atoms with Crippen molar-refractivity contribution >= 4 is 21.6 Å². The minimum atomic E-state index is -3.67. The van der Waals surface area contributed by atoms with E-state index in [4.69, 9.17) is 9.47 Å². The van der Waals surface area contributed by atoms with Crippen LogP contribution >= 0.6 is 0 Å². The Balaban J connectivity index is 2.03. The van der Waals surface area contributed by atoms with E-state index in [1.807, 2.05) is 45.0 Å². The third-order valence-corrected chi connectivity index (χ3v) is 5.30. The number of sulfonamides is 1. The van der Waals surface area contributed by atoms with Gasteiger partial charge in [-0.3, -0.25) is 9.10 Å². The fourth-order valence-electron chi connectivity index (χ4n) is 2.81. The van der Waals surface area contributed by atoms with Crippen LogP contribution in [0.3, 0.4) is 0 Å². The van der Waals surface area contributed by atoms with E-state index >= 15 is 0 Å².